The fourth-order valence-electron chi connectivity index (χ4n) is 2.44. The van der Waals surface area contributed by atoms with E-state index in [0.29, 0.717) is 0 Å². The Morgan fingerprint density at radius 3 is 2.43 bits per heavy atom. The van der Waals surface area contributed by atoms with Crippen LogP contribution in [0.25, 0.3) is 0 Å². The van der Waals surface area contributed by atoms with Crippen LogP contribution in [0.1, 0.15) is 46.0 Å². The van der Waals surface area contributed by atoms with E-state index in [2.05, 4.69) is 24.1 Å². The molecule has 2 nitrogen and oxygen atoms in total. The van der Waals surface area contributed by atoms with Crippen LogP contribution in [-0.2, 0) is 0 Å². The van der Waals surface area contributed by atoms with E-state index in [1.54, 1.807) is 0 Å². The van der Waals surface area contributed by atoms with Crippen molar-refractivity contribution in [2.75, 3.05) is 26.2 Å². The highest BCUT2D eigenvalue weighted by Crippen LogP contribution is 2.21. The lowest BCUT2D eigenvalue weighted by molar-refractivity contribution is 0.165. The molecule has 1 saturated carbocycles. The van der Waals surface area contributed by atoms with Gasteiger partial charge >= 0.3 is 0 Å². The number of likely N-dealkylation sites (N-methyl/N-ethyl adjacent to an activating group) is 2. The first-order valence-corrected chi connectivity index (χ1v) is 6.33. The van der Waals surface area contributed by atoms with Gasteiger partial charge in [0.25, 0.3) is 0 Å². The summed E-state index contributed by atoms with van der Waals surface area (Å²) in [5, 5.41) is 3.41. The molecule has 0 unspecified atom stereocenters. The zero-order chi connectivity index (χ0) is 10.2. The lowest BCUT2D eigenvalue weighted by atomic mass is 9.94. The molecule has 1 rings (SSSR count). The van der Waals surface area contributed by atoms with Gasteiger partial charge in [-0.1, -0.05) is 33.1 Å². The topological polar surface area (TPSA) is 15.3 Å². The van der Waals surface area contributed by atoms with Crippen LogP contribution >= 0.6 is 0 Å². The summed E-state index contributed by atoms with van der Waals surface area (Å²) in [5.74, 6) is 0. The number of rotatable bonds is 6. The highest BCUT2D eigenvalue weighted by Gasteiger charge is 2.18. The van der Waals surface area contributed by atoms with Crippen LogP contribution in [0, 0.1) is 0 Å². The van der Waals surface area contributed by atoms with Crippen LogP contribution in [0.15, 0.2) is 0 Å². The van der Waals surface area contributed by atoms with Crippen LogP contribution in [0.2, 0.25) is 0 Å². The van der Waals surface area contributed by atoms with Crippen LogP contribution in [0.4, 0.5) is 0 Å². The maximum atomic E-state index is 3.41. The van der Waals surface area contributed by atoms with Gasteiger partial charge in [-0.15, -0.1) is 0 Å². The van der Waals surface area contributed by atoms with Gasteiger partial charge < -0.3 is 5.32 Å². The lowest BCUT2D eigenvalue weighted by Gasteiger charge is -2.33. The van der Waals surface area contributed by atoms with Gasteiger partial charge in [0, 0.05) is 19.1 Å². The molecular formula is C12H26N2. The molecule has 1 fully saturated rings. The van der Waals surface area contributed by atoms with Gasteiger partial charge in [-0.3, -0.25) is 4.90 Å². The molecule has 0 spiro atoms. The fraction of sp³-hybridized carbons (Fsp3) is 1.00. The summed E-state index contributed by atoms with van der Waals surface area (Å²) in [6, 6.07) is 0.882. The minimum Gasteiger partial charge on any atom is -0.316 e. The predicted octanol–water partition coefficient (Wildman–Crippen LogP) is 2.25. The van der Waals surface area contributed by atoms with Gasteiger partial charge in [-0.25, -0.2) is 0 Å². The Balaban J connectivity index is 2.21. The normalized spacial score (nSPS) is 19.1. The van der Waals surface area contributed by atoms with Gasteiger partial charge in [-0.05, 0) is 25.9 Å². The fourth-order valence-corrected chi connectivity index (χ4v) is 2.44. The summed E-state index contributed by atoms with van der Waals surface area (Å²) in [7, 11) is 0. The molecule has 0 atom stereocenters. The predicted molar refractivity (Wildman–Crippen MR) is 62.7 cm³/mol. The van der Waals surface area contributed by atoms with E-state index in [9.17, 15) is 0 Å². The van der Waals surface area contributed by atoms with Crippen LogP contribution in [0.5, 0.6) is 0 Å². The number of hydrogen-bond donors (Lipinski definition) is 1. The molecule has 2 heteroatoms. The molecule has 0 aromatic rings. The van der Waals surface area contributed by atoms with Crippen molar-refractivity contribution in [1.29, 1.82) is 0 Å². The van der Waals surface area contributed by atoms with Crippen LogP contribution < -0.4 is 5.32 Å². The van der Waals surface area contributed by atoms with Gasteiger partial charge in [-0.2, -0.15) is 0 Å². The molecule has 0 heterocycles. The molecule has 84 valence electrons. The third-order valence-corrected chi connectivity index (χ3v) is 3.32. The van der Waals surface area contributed by atoms with E-state index in [-0.39, 0.29) is 0 Å². The summed E-state index contributed by atoms with van der Waals surface area (Å²) >= 11 is 0. The largest absolute Gasteiger partial charge is 0.316 e. The van der Waals surface area contributed by atoms with Gasteiger partial charge in [0.15, 0.2) is 0 Å². The number of hydrogen-bond acceptors (Lipinski definition) is 2. The van der Waals surface area contributed by atoms with Crippen molar-refractivity contribution >= 4 is 0 Å². The molecule has 0 aliphatic heterocycles. The Bertz CT molecular complexity index is 130. The summed E-state index contributed by atoms with van der Waals surface area (Å²) in [6.07, 6.45) is 7.21. The van der Waals surface area contributed by atoms with Crippen molar-refractivity contribution < 1.29 is 0 Å². The summed E-state index contributed by atoms with van der Waals surface area (Å²) < 4.78 is 0. The molecule has 0 saturated heterocycles. The van der Waals surface area contributed by atoms with Crippen molar-refractivity contribution in [1.82, 2.24) is 10.2 Å². The number of nitrogens with zero attached hydrogens (tertiary/aromatic N) is 1. The molecule has 14 heavy (non-hydrogen) atoms. The average Bonchev–Trinajstić information content (AvgIpc) is 2.26. The second-order valence-electron chi connectivity index (χ2n) is 4.27. The molecular weight excluding hydrogens is 172 g/mol. The second-order valence-corrected chi connectivity index (χ2v) is 4.27. The van der Waals surface area contributed by atoms with Crippen LogP contribution in [-0.4, -0.2) is 37.1 Å². The van der Waals surface area contributed by atoms with Gasteiger partial charge in [0.1, 0.15) is 0 Å². The highest BCUT2D eigenvalue weighted by molar-refractivity contribution is 4.75. The van der Waals surface area contributed by atoms with Crippen molar-refractivity contribution in [3.05, 3.63) is 0 Å². The monoisotopic (exact) mass is 198 g/mol. The Hall–Kier alpha value is -0.0800. The van der Waals surface area contributed by atoms with Gasteiger partial charge in [0.05, 0.1) is 0 Å². The first-order chi connectivity index (χ1) is 6.88. The first-order valence-electron chi connectivity index (χ1n) is 6.33. The smallest absolute Gasteiger partial charge is 0.0110 e. The first kappa shape index (κ1) is 12.0. The third kappa shape index (κ3) is 3.97. The van der Waals surface area contributed by atoms with E-state index in [0.717, 1.165) is 19.1 Å². The van der Waals surface area contributed by atoms with E-state index < -0.39 is 0 Å². The molecule has 0 bridgehead atoms. The summed E-state index contributed by atoms with van der Waals surface area (Å²) in [4.78, 5) is 2.65. The molecule has 0 aromatic heterocycles. The molecule has 1 N–H and O–H groups in total. The Morgan fingerprint density at radius 2 is 1.86 bits per heavy atom. The number of nitrogens with one attached hydrogen (secondary N) is 1. The maximum Gasteiger partial charge on any atom is 0.0110 e. The van der Waals surface area contributed by atoms with E-state index in [1.165, 1.54) is 45.2 Å². The van der Waals surface area contributed by atoms with E-state index in [4.69, 9.17) is 0 Å². The highest BCUT2D eigenvalue weighted by atomic mass is 15.2. The minimum absolute atomic E-state index is 0.882. The quantitative estimate of drug-likeness (QED) is 0.659. The molecule has 1 aliphatic carbocycles. The molecule has 0 aromatic carbocycles. The Kier molecular flexibility index (Phi) is 6.20. The van der Waals surface area contributed by atoms with E-state index >= 15 is 0 Å². The average molecular weight is 198 g/mol. The summed E-state index contributed by atoms with van der Waals surface area (Å²) in [6.45, 7) is 9.17. The Morgan fingerprint density at radius 1 is 1.14 bits per heavy atom. The van der Waals surface area contributed by atoms with Crippen molar-refractivity contribution in [3.63, 3.8) is 0 Å². The van der Waals surface area contributed by atoms with Crippen molar-refractivity contribution in [2.45, 2.75) is 52.0 Å². The third-order valence-electron chi connectivity index (χ3n) is 3.32. The zero-order valence-electron chi connectivity index (χ0n) is 9.89. The lowest BCUT2D eigenvalue weighted by Crippen LogP contribution is -2.40. The summed E-state index contributed by atoms with van der Waals surface area (Å²) in [5.41, 5.74) is 0. The minimum atomic E-state index is 0.882. The van der Waals surface area contributed by atoms with E-state index in [1.807, 2.05) is 0 Å². The van der Waals surface area contributed by atoms with Crippen LogP contribution in [0.3, 0.4) is 0 Å². The molecule has 1 aliphatic rings. The second kappa shape index (κ2) is 7.24. The SMILES string of the molecule is CCNCCN(CC)C1CCCCC1. The van der Waals surface area contributed by atoms with Gasteiger partial charge in [0.2, 0.25) is 0 Å². The maximum absolute atomic E-state index is 3.41. The van der Waals surface area contributed by atoms with Crippen molar-refractivity contribution in [2.24, 2.45) is 0 Å². The Labute approximate surface area is 89.1 Å². The molecule has 0 amide bonds. The van der Waals surface area contributed by atoms with Crippen molar-refractivity contribution in [3.8, 4) is 0 Å². The zero-order valence-corrected chi connectivity index (χ0v) is 9.89. The molecule has 0 radical (unpaired) electrons. The standard InChI is InChI=1S/C12H26N2/c1-3-13-10-11-14(4-2)12-8-6-5-7-9-12/h12-13H,3-11H2,1-2H3.